The number of aryl methyl sites for hydroxylation is 2. The van der Waals surface area contributed by atoms with Crippen molar-refractivity contribution in [2.45, 2.75) is 38.5 Å². The van der Waals surface area contributed by atoms with E-state index in [1.54, 1.807) is 6.20 Å². The first kappa shape index (κ1) is 17.2. The van der Waals surface area contributed by atoms with Crippen molar-refractivity contribution in [3.05, 3.63) is 42.0 Å². The normalized spacial score (nSPS) is 25.8. The molecule has 0 spiro atoms. The molecule has 2 saturated heterocycles. The van der Waals surface area contributed by atoms with Crippen molar-refractivity contribution in [1.29, 1.82) is 0 Å². The van der Waals surface area contributed by atoms with Gasteiger partial charge in [0, 0.05) is 38.1 Å². The van der Waals surface area contributed by atoms with Crippen LogP contribution >= 0.6 is 0 Å². The summed E-state index contributed by atoms with van der Waals surface area (Å²) < 4.78 is 7.95. The fourth-order valence-corrected chi connectivity index (χ4v) is 3.95. The standard InChI is InChI=1S/C19H25N5O2/c1-13-16(4-3-6-20-13)22-19(25)17-8-15-5-7-24(12-18(15)26-17)11-14-9-21-23(2)10-14/h3-4,6,9-10,15,17-18H,5,7-8,11-12H2,1-2H3,(H,22,25)/t15-,17+,18+/m0/s1. The van der Waals surface area contributed by atoms with E-state index in [0.717, 1.165) is 43.9 Å². The third kappa shape index (κ3) is 3.64. The summed E-state index contributed by atoms with van der Waals surface area (Å²) in [5, 5.41) is 7.20. The number of anilines is 1. The van der Waals surface area contributed by atoms with Gasteiger partial charge in [0.2, 0.25) is 0 Å². The molecule has 7 nitrogen and oxygen atoms in total. The fourth-order valence-electron chi connectivity index (χ4n) is 3.95. The quantitative estimate of drug-likeness (QED) is 0.904. The summed E-state index contributed by atoms with van der Waals surface area (Å²) in [4.78, 5) is 19.2. The third-order valence-corrected chi connectivity index (χ3v) is 5.36. The van der Waals surface area contributed by atoms with Gasteiger partial charge >= 0.3 is 0 Å². The van der Waals surface area contributed by atoms with Crippen LogP contribution < -0.4 is 5.32 Å². The molecule has 0 radical (unpaired) electrons. The van der Waals surface area contributed by atoms with E-state index in [1.165, 1.54) is 5.56 Å². The molecule has 0 unspecified atom stereocenters. The average Bonchev–Trinajstić information content (AvgIpc) is 3.22. The number of hydrogen-bond donors (Lipinski definition) is 1. The van der Waals surface area contributed by atoms with Crippen molar-refractivity contribution in [2.75, 3.05) is 18.4 Å². The predicted octanol–water partition coefficient (Wildman–Crippen LogP) is 1.74. The van der Waals surface area contributed by atoms with E-state index < -0.39 is 0 Å². The summed E-state index contributed by atoms with van der Waals surface area (Å²) in [7, 11) is 1.93. The minimum atomic E-state index is -0.372. The molecule has 7 heteroatoms. The summed E-state index contributed by atoms with van der Waals surface area (Å²) in [6.07, 6.45) is 7.32. The summed E-state index contributed by atoms with van der Waals surface area (Å²) in [6, 6.07) is 3.70. The lowest BCUT2D eigenvalue weighted by Crippen LogP contribution is -2.41. The van der Waals surface area contributed by atoms with Crippen LogP contribution in [0.4, 0.5) is 5.69 Å². The lowest BCUT2D eigenvalue weighted by Gasteiger charge is -2.33. The Morgan fingerprint density at radius 2 is 2.35 bits per heavy atom. The van der Waals surface area contributed by atoms with Gasteiger partial charge in [-0.2, -0.15) is 5.10 Å². The van der Waals surface area contributed by atoms with Crippen molar-refractivity contribution in [3.8, 4) is 0 Å². The predicted molar refractivity (Wildman–Crippen MR) is 97.5 cm³/mol. The SMILES string of the molecule is Cc1ncccc1NC(=O)[C@H]1C[C@@H]2CCN(Cc3cnn(C)c3)C[C@H]2O1. The Bertz CT molecular complexity index is 790. The van der Waals surface area contributed by atoms with Crippen LogP contribution in [-0.2, 0) is 23.1 Å². The number of likely N-dealkylation sites (tertiary alicyclic amines) is 1. The Morgan fingerprint density at radius 3 is 3.12 bits per heavy atom. The number of hydrogen-bond acceptors (Lipinski definition) is 5. The highest BCUT2D eigenvalue weighted by atomic mass is 16.5. The summed E-state index contributed by atoms with van der Waals surface area (Å²) >= 11 is 0. The molecule has 2 fully saturated rings. The maximum absolute atomic E-state index is 12.6. The molecule has 3 atom stereocenters. The van der Waals surface area contributed by atoms with E-state index in [2.05, 4.69) is 20.3 Å². The lowest BCUT2D eigenvalue weighted by molar-refractivity contribution is -0.127. The second kappa shape index (κ2) is 7.17. The summed E-state index contributed by atoms with van der Waals surface area (Å²) in [5.74, 6) is 0.403. The number of nitrogens with zero attached hydrogens (tertiary/aromatic N) is 4. The summed E-state index contributed by atoms with van der Waals surface area (Å²) in [6.45, 7) is 4.68. The van der Waals surface area contributed by atoms with Crippen LogP contribution in [0.1, 0.15) is 24.1 Å². The van der Waals surface area contributed by atoms with Gasteiger partial charge in [-0.3, -0.25) is 19.4 Å². The highest BCUT2D eigenvalue weighted by Gasteiger charge is 2.41. The number of piperidine rings is 1. The van der Waals surface area contributed by atoms with Crippen LogP contribution in [0.25, 0.3) is 0 Å². The first-order valence-electron chi connectivity index (χ1n) is 9.16. The fraction of sp³-hybridized carbons (Fsp3) is 0.526. The highest BCUT2D eigenvalue weighted by molar-refractivity contribution is 5.94. The molecule has 0 saturated carbocycles. The summed E-state index contributed by atoms with van der Waals surface area (Å²) in [5.41, 5.74) is 2.79. The van der Waals surface area contributed by atoms with Crippen molar-refractivity contribution >= 4 is 11.6 Å². The van der Waals surface area contributed by atoms with E-state index in [-0.39, 0.29) is 18.1 Å². The molecule has 0 aliphatic carbocycles. The molecule has 2 aliphatic rings. The number of ether oxygens (including phenoxy) is 1. The largest absolute Gasteiger partial charge is 0.364 e. The number of carbonyl (C=O) groups excluding carboxylic acids is 1. The van der Waals surface area contributed by atoms with Crippen LogP contribution in [0.2, 0.25) is 0 Å². The number of nitrogens with one attached hydrogen (secondary N) is 1. The van der Waals surface area contributed by atoms with Crippen LogP contribution in [0, 0.1) is 12.8 Å². The Hall–Kier alpha value is -2.25. The maximum atomic E-state index is 12.6. The molecule has 2 aromatic rings. The molecule has 1 N–H and O–H groups in total. The van der Waals surface area contributed by atoms with E-state index in [9.17, 15) is 4.79 Å². The second-order valence-corrected chi connectivity index (χ2v) is 7.33. The van der Waals surface area contributed by atoms with Gasteiger partial charge in [0.25, 0.3) is 5.91 Å². The Balaban J connectivity index is 1.34. The van der Waals surface area contributed by atoms with E-state index >= 15 is 0 Å². The Kier molecular flexibility index (Phi) is 4.74. The maximum Gasteiger partial charge on any atom is 0.253 e. The molecule has 4 heterocycles. The Morgan fingerprint density at radius 1 is 1.46 bits per heavy atom. The Labute approximate surface area is 153 Å². The molecule has 2 aromatic heterocycles. The molecule has 0 aromatic carbocycles. The van der Waals surface area contributed by atoms with Gasteiger partial charge in [0.15, 0.2) is 0 Å². The first-order chi connectivity index (χ1) is 12.6. The zero-order valence-electron chi connectivity index (χ0n) is 15.3. The highest BCUT2D eigenvalue weighted by Crippen LogP contribution is 2.34. The van der Waals surface area contributed by atoms with Crippen LogP contribution in [0.3, 0.4) is 0 Å². The third-order valence-electron chi connectivity index (χ3n) is 5.36. The van der Waals surface area contributed by atoms with Gasteiger partial charge < -0.3 is 10.1 Å². The molecule has 0 bridgehead atoms. The zero-order valence-corrected chi connectivity index (χ0v) is 15.3. The molecular weight excluding hydrogens is 330 g/mol. The molecule has 1 amide bonds. The molecule has 4 rings (SSSR count). The molecular formula is C19H25N5O2. The number of rotatable bonds is 4. The second-order valence-electron chi connectivity index (χ2n) is 7.33. The number of pyridine rings is 1. The van der Waals surface area contributed by atoms with Crippen LogP contribution in [0.5, 0.6) is 0 Å². The van der Waals surface area contributed by atoms with Crippen molar-refractivity contribution in [1.82, 2.24) is 19.7 Å². The van der Waals surface area contributed by atoms with E-state index in [1.807, 2.05) is 43.2 Å². The van der Waals surface area contributed by atoms with Gasteiger partial charge in [0.05, 0.1) is 23.7 Å². The number of amides is 1. The minimum absolute atomic E-state index is 0.0608. The number of aromatic nitrogens is 3. The van der Waals surface area contributed by atoms with Crippen molar-refractivity contribution in [3.63, 3.8) is 0 Å². The van der Waals surface area contributed by atoms with Gasteiger partial charge in [0.1, 0.15) is 6.10 Å². The van der Waals surface area contributed by atoms with E-state index in [0.29, 0.717) is 5.92 Å². The number of carbonyl (C=O) groups is 1. The zero-order chi connectivity index (χ0) is 18.1. The van der Waals surface area contributed by atoms with Crippen molar-refractivity contribution in [2.24, 2.45) is 13.0 Å². The first-order valence-corrected chi connectivity index (χ1v) is 9.16. The van der Waals surface area contributed by atoms with Crippen molar-refractivity contribution < 1.29 is 9.53 Å². The molecule has 138 valence electrons. The molecule has 2 aliphatic heterocycles. The van der Waals surface area contributed by atoms with Crippen LogP contribution in [-0.4, -0.2) is 50.9 Å². The number of fused-ring (bicyclic) bond motifs is 1. The van der Waals surface area contributed by atoms with Crippen LogP contribution in [0.15, 0.2) is 30.7 Å². The topological polar surface area (TPSA) is 72.3 Å². The smallest absolute Gasteiger partial charge is 0.253 e. The minimum Gasteiger partial charge on any atom is -0.364 e. The monoisotopic (exact) mass is 355 g/mol. The lowest BCUT2D eigenvalue weighted by atomic mass is 9.91. The van der Waals surface area contributed by atoms with Gasteiger partial charge in [-0.25, -0.2) is 0 Å². The molecule has 26 heavy (non-hydrogen) atoms. The van der Waals surface area contributed by atoms with Gasteiger partial charge in [-0.1, -0.05) is 0 Å². The van der Waals surface area contributed by atoms with Gasteiger partial charge in [-0.05, 0) is 44.4 Å². The average molecular weight is 355 g/mol. The van der Waals surface area contributed by atoms with Gasteiger partial charge in [-0.15, -0.1) is 0 Å². The van der Waals surface area contributed by atoms with E-state index in [4.69, 9.17) is 4.74 Å².